The van der Waals surface area contributed by atoms with E-state index in [4.69, 9.17) is 11.6 Å². The normalized spacial score (nSPS) is 12.0. The average Bonchev–Trinajstić information content (AvgIpc) is 2.87. The van der Waals surface area contributed by atoms with Crippen molar-refractivity contribution in [3.05, 3.63) is 100 Å². The highest BCUT2D eigenvalue weighted by Gasteiger charge is 2.33. The number of anilines is 1. The van der Waals surface area contributed by atoms with E-state index in [1.807, 2.05) is 63.2 Å². The first-order valence-electron chi connectivity index (χ1n) is 12.9. The number of hydrogen-bond donors (Lipinski definition) is 1. The minimum absolute atomic E-state index is 0.0842. The summed E-state index contributed by atoms with van der Waals surface area (Å²) in [4.78, 5) is 29.0. The number of aryl methyl sites for hydroxylation is 2. The summed E-state index contributed by atoms with van der Waals surface area (Å²) >= 11 is 6.23. The maximum absolute atomic E-state index is 14.0. The Labute approximate surface area is 236 Å². The molecule has 0 fully saturated rings. The first kappa shape index (κ1) is 30.2. The van der Waals surface area contributed by atoms with Gasteiger partial charge in [-0.05, 0) is 66.8 Å². The lowest BCUT2D eigenvalue weighted by atomic mass is 10.0. The van der Waals surface area contributed by atoms with Crippen molar-refractivity contribution in [3.8, 4) is 0 Å². The number of hydrogen-bond acceptors (Lipinski definition) is 4. The number of benzene rings is 3. The second kappa shape index (κ2) is 13.6. The highest BCUT2D eigenvalue weighted by Crippen LogP contribution is 2.23. The van der Waals surface area contributed by atoms with Gasteiger partial charge in [-0.25, -0.2) is 8.42 Å². The first-order valence-corrected chi connectivity index (χ1v) is 15.1. The topological polar surface area (TPSA) is 86.8 Å². The second-order valence-corrected chi connectivity index (χ2v) is 12.1. The third-order valence-electron chi connectivity index (χ3n) is 6.24. The molecule has 0 aliphatic rings. The second-order valence-electron chi connectivity index (χ2n) is 9.76. The lowest BCUT2D eigenvalue weighted by Crippen LogP contribution is -2.53. The van der Waals surface area contributed by atoms with E-state index in [0.29, 0.717) is 17.3 Å². The van der Waals surface area contributed by atoms with Crippen molar-refractivity contribution in [1.82, 2.24) is 10.2 Å². The SMILES string of the molecule is CCCNC(=O)[C@@H](Cc1ccccc1)N(Cc1cccc(Cl)c1)C(=O)CN(c1cc(C)cc(C)c1)S(C)(=O)=O. The van der Waals surface area contributed by atoms with Crippen molar-refractivity contribution in [1.29, 1.82) is 0 Å². The van der Waals surface area contributed by atoms with Gasteiger partial charge >= 0.3 is 0 Å². The lowest BCUT2D eigenvalue weighted by molar-refractivity contribution is -0.140. The van der Waals surface area contributed by atoms with Crippen molar-refractivity contribution in [2.45, 2.75) is 46.2 Å². The predicted molar refractivity (Wildman–Crippen MR) is 157 cm³/mol. The fraction of sp³-hybridized carbons (Fsp3) is 0.333. The van der Waals surface area contributed by atoms with Gasteiger partial charge in [-0.2, -0.15) is 0 Å². The Morgan fingerprint density at radius 3 is 2.15 bits per heavy atom. The molecule has 0 saturated heterocycles. The zero-order valence-electron chi connectivity index (χ0n) is 22.9. The molecule has 0 unspecified atom stereocenters. The van der Waals surface area contributed by atoms with Gasteiger partial charge in [-0.1, -0.05) is 67.1 Å². The minimum Gasteiger partial charge on any atom is -0.354 e. The number of sulfonamides is 1. The Balaban J connectivity index is 2.06. The molecular weight excluding hydrogens is 534 g/mol. The molecule has 208 valence electrons. The molecular formula is C30H36ClN3O4S. The molecule has 0 aromatic heterocycles. The fourth-order valence-electron chi connectivity index (χ4n) is 4.46. The van der Waals surface area contributed by atoms with Gasteiger partial charge in [0.1, 0.15) is 12.6 Å². The molecule has 3 rings (SSSR count). The van der Waals surface area contributed by atoms with E-state index >= 15 is 0 Å². The maximum Gasteiger partial charge on any atom is 0.244 e. The van der Waals surface area contributed by atoms with Gasteiger partial charge < -0.3 is 10.2 Å². The van der Waals surface area contributed by atoms with Crippen molar-refractivity contribution in [2.24, 2.45) is 0 Å². The molecule has 3 aromatic carbocycles. The summed E-state index contributed by atoms with van der Waals surface area (Å²) in [6, 6.07) is 21.1. The van der Waals surface area contributed by atoms with Crippen molar-refractivity contribution >= 4 is 39.1 Å². The predicted octanol–water partition coefficient (Wildman–Crippen LogP) is 4.89. The molecule has 0 saturated carbocycles. The van der Waals surface area contributed by atoms with Gasteiger partial charge in [-0.3, -0.25) is 13.9 Å². The number of amides is 2. The molecule has 1 atom stereocenters. The third kappa shape index (κ3) is 8.83. The molecule has 1 N–H and O–H groups in total. The van der Waals surface area contributed by atoms with Gasteiger partial charge in [0.25, 0.3) is 0 Å². The van der Waals surface area contributed by atoms with E-state index in [9.17, 15) is 18.0 Å². The van der Waals surface area contributed by atoms with Crippen molar-refractivity contribution in [3.63, 3.8) is 0 Å². The summed E-state index contributed by atoms with van der Waals surface area (Å²) in [6.45, 7) is 5.79. The van der Waals surface area contributed by atoms with E-state index in [1.54, 1.807) is 30.3 Å². The van der Waals surface area contributed by atoms with Gasteiger partial charge in [0.2, 0.25) is 21.8 Å². The van der Waals surface area contributed by atoms with Crippen LogP contribution in [0.4, 0.5) is 5.69 Å². The van der Waals surface area contributed by atoms with Gasteiger partial charge in [0, 0.05) is 24.5 Å². The number of carbonyl (C=O) groups is 2. The van der Waals surface area contributed by atoms with Crippen LogP contribution in [0.3, 0.4) is 0 Å². The maximum atomic E-state index is 14.0. The molecule has 0 spiro atoms. The standard InChI is InChI=1S/C30H36ClN3O4S/c1-5-14-32-30(36)28(19-24-10-7-6-8-11-24)33(20-25-12-9-13-26(31)18-25)29(35)21-34(39(4,37)38)27-16-22(2)15-23(3)17-27/h6-13,15-18,28H,5,14,19-21H2,1-4H3,(H,32,36)/t28-/m1/s1. The molecule has 0 aliphatic carbocycles. The van der Waals surface area contributed by atoms with E-state index in [-0.39, 0.29) is 18.9 Å². The molecule has 0 aliphatic heterocycles. The zero-order valence-corrected chi connectivity index (χ0v) is 24.4. The van der Waals surface area contributed by atoms with Crippen LogP contribution in [-0.2, 0) is 32.6 Å². The van der Waals surface area contributed by atoms with Crippen LogP contribution in [-0.4, -0.2) is 50.5 Å². The van der Waals surface area contributed by atoms with Crippen LogP contribution < -0.4 is 9.62 Å². The molecule has 0 bridgehead atoms. The number of halogens is 1. The molecule has 7 nitrogen and oxygen atoms in total. The van der Waals surface area contributed by atoms with Crippen LogP contribution in [0.25, 0.3) is 0 Å². The number of rotatable bonds is 12. The molecule has 9 heteroatoms. The third-order valence-corrected chi connectivity index (χ3v) is 7.61. The monoisotopic (exact) mass is 569 g/mol. The van der Waals surface area contributed by atoms with Crippen LogP contribution in [0.15, 0.2) is 72.8 Å². The summed E-state index contributed by atoms with van der Waals surface area (Å²) < 4.78 is 26.9. The summed E-state index contributed by atoms with van der Waals surface area (Å²) in [5, 5.41) is 3.43. The highest BCUT2D eigenvalue weighted by molar-refractivity contribution is 7.92. The smallest absolute Gasteiger partial charge is 0.244 e. The van der Waals surface area contributed by atoms with Gasteiger partial charge in [0.15, 0.2) is 0 Å². The van der Waals surface area contributed by atoms with Crippen LogP contribution in [0.1, 0.15) is 35.6 Å². The highest BCUT2D eigenvalue weighted by atomic mass is 35.5. The van der Waals surface area contributed by atoms with Crippen LogP contribution in [0, 0.1) is 13.8 Å². The van der Waals surface area contributed by atoms with E-state index < -0.39 is 28.5 Å². The Morgan fingerprint density at radius 2 is 1.56 bits per heavy atom. The number of carbonyl (C=O) groups excluding carboxylic acids is 2. The summed E-state index contributed by atoms with van der Waals surface area (Å²) in [5.74, 6) is -0.791. The fourth-order valence-corrected chi connectivity index (χ4v) is 5.51. The summed E-state index contributed by atoms with van der Waals surface area (Å²) in [6.07, 6.45) is 2.08. The van der Waals surface area contributed by atoms with E-state index in [2.05, 4.69) is 5.32 Å². The number of nitrogens with zero attached hydrogens (tertiary/aromatic N) is 2. The molecule has 0 radical (unpaired) electrons. The van der Waals surface area contributed by atoms with E-state index in [0.717, 1.165) is 39.2 Å². The largest absolute Gasteiger partial charge is 0.354 e. The Morgan fingerprint density at radius 1 is 0.923 bits per heavy atom. The van der Waals surface area contributed by atoms with Crippen molar-refractivity contribution < 1.29 is 18.0 Å². The van der Waals surface area contributed by atoms with Crippen molar-refractivity contribution in [2.75, 3.05) is 23.7 Å². The molecule has 3 aromatic rings. The number of nitrogens with one attached hydrogen (secondary N) is 1. The minimum atomic E-state index is -3.81. The Bertz CT molecular complexity index is 1380. The molecule has 2 amide bonds. The Hall–Kier alpha value is -3.36. The molecule has 39 heavy (non-hydrogen) atoms. The summed E-state index contributed by atoms with van der Waals surface area (Å²) in [5.41, 5.74) is 3.77. The average molecular weight is 570 g/mol. The van der Waals surface area contributed by atoms with Gasteiger partial charge in [-0.15, -0.1) is 0 Å². The lowest BCUT2D eigenvalue weighted by Gasteiger charge is -2.33. The summed E-state index contributed by atoms with van der Waals surface area (Å²) in [7, 11) is -3.81. The molecule has 0 heterocycles. The van der Waals surface area contributed by atoms with E-state index in [1.165, 1.54) is 4.90 Å². The van der Waals surface area contributed by atoms with Crippen LogP contribution in [0.5, 0.6) is 0 Å². The Kier molecular flexibility index (Phi) is 10.5. The van der Waals surface area contributed by atoms with Gasteiger partial charge in [0.05, 0.1) is 11.9 Å². The van der Waals surface area contributed by atoms with Crippen LogP contribution >= 0.6 is 11.6 Å². The zero-order chi connectivity index (χ0) is 28.6. The van der Waals surface area contributed by atoms with Crippen LogP contribution in [0.2, 0.25) is 5.02 Å². The quantitative estimate of drug-likeness (QED) is 0.336. The first-order chi connectivity index (χ1) is 18.5.